The van der Waals surface area contributed by atoms with Crippen molar-refractivity contribution >= 4 is 0 Å². The first-order valence-corrected chi connectivity index (χ1v) is 9.46. The fraction of sp³-hybridized carbons (Fsp3) is 0.476. The quantitative estimate of drug-likeness (QED) is 0.845. The molecule has 4 atom stereocenters. The van der Waals surface area contributed by atoms with Gasteiger partial charge in [-0.1, -0.05) is 6.07 Å². The number of β-amino-alcohol motifs (C(OH)–C–C–N with tert-alkyl or cyclic N) is 1. The molecule has 1 aliphatic carbocycles. The van der Waals surface area contributed by atoms with Gasteiger partial charge in [-0.3, -0.25) is 9.88 Å². The Balaban J connectivity index is 1.29. The van der Waals surface area contributed by atoms with Gasteiger partial charge in [-0.15, -0.1) is 0 Å². The Bertz CT molecular complexity index is 785. The van der Waals surface area contributed by atoms with Crippen LogP contribution in [0, 0.1) is 24.6 Å². The number of hydrogen-bond acceptors (Lipinski definition) is 5. The maximum atomic E-state index is 14.0. The minimum absolute atomic E-state index is 0.0584. The van der Waals surface area contributed by atoms with E-state index < -0.39 is 6.10 Å². The van der Waals surface area contributed by atoms with Crippen LogP contribution in [0.1, 0.15) is 30.2 Å². The number of aryl methyl sites for hydroxylation is 1. The van der Waals surface area contributed by atoms with Crippen molar-refractivity contribution in [1.29, 1.82) is 0 Å². The van der Waals surface area contributed by atoms with Crippen LogP contribution < -0.4 is 4.74 Å². The number of aromatic nitrogens is 1. The van der Waals surface area contributed by atoms with E-state index in [1.54, 1.807) is 12.1 Å². The SMILES string of the molecule is Cc1ccc(O[C@@H]2C[C@@H]3CN(CC(O)c4ccc(O)cn4)C[C@@H]3C2)c(F)c1. The molecule has 0 bridgehead atoms. The second-order valence-corrected chi connectivity index (χ2v) is 7.84. The van der Waals surface area contributed by atoms with Crippen molar-refractivity contribution in [3.05, 3.63) is 53.6 Å². The largest absolute Gasteiger partial charge is 0.506 e. The molecule has 1 saturated carbocycles. The van der Waals surface area contributed by atoms with E-state index in [9.17, 15) is 14.6 Å². The molecule has 5 nitrogen and oxygen atoms in total. The Labute approximate surface area is 158 Å². The van der Waals surface area contributed by atoms with Crippen molar-refractivity contribution in [2.45, 2.75) is 32.0 Å². The molecule has 1 aromatic heterocycles. The van der Waals surface area contributed by atoms with Crippen molar-refractivity contribution in [3.8, 4) is 11.5 Å². The first-order chi connectivity index (χ1) is 13.0. The fourth-order valence-electron chi connectivity index (χ4n) is 4.40. The number of nitrogens with zero attached hydrogens (tertiary/aromatic N) is 2. The zero-order valence-electron chi connectivity index (χ0n) is 15.4. The normalized spacial score (nSPS) is 26.1. The van der Waals surface area contributed by atoms with E-state index in [1.807, 2.05) is 13.0 Å². The standard InChI is InChI=1S/C21H25FN2O3/c1-13-2-5-21(18(22)6-13)27-17-7-14-10-24(11-15(14)8-17)12-20(26)19-4-3-16(25)9-23-19/h2-6,9,14-15,17,20,25-26H,7-8,10-12H2,1H3/t14-,15+,17-,20?. The van der Waals surface area contributed by atoms with Crippen LogP contribution in [0.2, 0.25) is 0 Å². The van der Waals surface area contributed by atoms with E-state index in [0.717, 1.165) is 31.5 Å². The lowest BCUT2D eigenvalue weighted by atomic mass is 10.0. The van der Waals surface area contributed by atoms with Gasteiger partial charge < -0.3 is 14.9 Å². The summed E-state index contributed by atoms with van der Waals surface area (Å²) in [5.74, 6) is 1.18. The van der Waals surface area contributed by atoms with Crippen LogP contribution in [0.15, 0.2) is 36.5 Å². The van der Waals surface area contributed by atoms with E-state index in [0.29, 0.717) is 29.8 Å². The molecule has 1 saturated heterocycles. The highest BCUT2D eigenvalue weighted by atomic mass is 19.1. The van der Waals surface area contributed by atoms with Gasteiger partial charge in [0, 0.05) is 19.6 Å². The summed E-state index contributed by atoms with van der Waals surface area (Å²) in [6.07, 6.45) is 2.58. The molecule has 6 heteroatoms. The predicted octanol–water partition coefficient (Wildman–Crippen LogP) is 3.06. The van der Waals surface area contributed by atoms with E-state index in [-0.39, 0.29) is 17.7 Å². The van der Waals surface area contributed by atoms with Gasteiger partial charge >= 0.3 is 0 Å². The first kappa shape index (κ1) is 18.2. The van der Waals surface area contributed by atoms with Crippen LogP contribution in [0.4, 0.5) is 4.39 Å². The zero-order valence-corrected chi connectivity index (χ0v) is 15.4. The number of aromatic hydroxyl groups is 1. The average molecular weight is 372 g/mol. The van der Waals surface area contributed by atoms with Crippen molar-refractivity contribution in [1.82, 2.24) is 9.88 Å². The molecule has 0 radical (unpaired) electrons. The van der Waals surface area contributed by atoms with Gasteiger partial charge in [-0.2, -0.15) is 0 Å². The highest BCUT2D eigenvalue weighted by Crippen LogP contribution is 2.40. The Kier molecular flexibility index (Phi) is 5.02. The van der Waals surface area contributed by atoms with Crippen LogP contribution in [0.3, 0.4) is 0 Å². The summed E-state index contributed by atoms with van der Waals surface area (Å²) >= 11 is 0. The predicted molar refractivity (Wildman–Crippen MR) is 99.1 cm³/mol. The third kappa shape index (κ3) is 4.06. The lowest BCUT2D eigenvalue weighted by molar-refractivity contribution is 0.112. The summed E-state index contributed by atoms with van der Waals surface area (Å²) < 4.78 is 19.9. The number of halogens is 1. The number of aliphatic hydroxyl groups excluding tert-OH is 1. The molecule has 2 fully saturated rings. The van der Waals surface area contributed by atoms with E-state index in [4.69, 9.17) is 4.74 Å². The monoisotopic (exact) mass is 372 g/mol. The molecule has 0 amide bonds. The highest BCUT2D eigenvalue weighted by molar-refractivity contribution is 5.29. The van der Waals surface area contributed by atoms with Crippen molar-refractivity contribution in [2.75, 3.05) is 19.6 Å². The topological polar surface area (TPSA) is 65.8 Å². The van der Waals surface area contributed by atoms with Gasteiger partial charge in [0.2, 0.25) is 0 Å². The third-order valence-corrected chi connectivity index (χ3v) is 5.71. The smallest absolute Gasteiger partial charge is 0.165 e. The van der Waals surface area contributed by atoms with Crippen LogP contribution in [0.5, 0.6) is 11.5 Å². The summed E-state index contributed by atoms with van der Waals surface area (Å²) in [5, 5.41) is 19.7. The molecular formula is C21H25FN2O3. The van der Waals surface area contributed by atoms with E-state index in [2.05, 4.69) is 9.88 Å². The van der Waals surface area contributed by atoms with Gasteiger partial charge in [-0.25, -0.2) is 4.39 Å². The second-order valence-electron chi connectivity index (χ2n) is 7.84. The maximum Gasteiger partial charge on any atom is 0.165 e. The fourth-order valence-corrected chi connectivity index (χ4v) is 4.40. The Hall–Kier alpha value is -2.18. The molecule has 2 aliphatic rings. The number of benzene rings is 1. The van der Waals surface area contributed by atoms with Gasteiger partial charge in [0.1, 0.15) is 11.9 Å². The molecule has 1 aliphatic heterocycles. The Morgan fingerprint density at radius 3 is 2.59 bits per heavy atom. The van der Waals surface area contributed by atoms with Gasteiger partial charge in [0.15, 0.2) is 11.6 Å². The van der Waals surface area contributed by atoms with Crippen LogP contribution in [0.25, 0.3) is 0 Å². The first-order valence-electron chi connectivity index (χ1n) is 9.46. The number of rotatable bonds is 5. The van der Waals surface area contributed by atoms with Gasteiger partial charge in [0.05, 0.1) is 18.0 Å². The minimum Gasteiger partial charge on any atom is -0.506 e. The van der Waals surface area contributed by atoms with Crippen molar-refractivity contribution in [3.63, 3.8) is 0 Å². The Morgan fingerprint density at radius 1 is 1.22 bits per heavy atom. The molecule has 2 N–H and O–H groups in total. The molecule has 27 heavy (non-hydrogen) atoms. The maximum absolute atomic E-state index is 14.0. The van der Waals surface area contributed by atoms with Gasteiger partial charge in [0.25, 0.3) is 0 Å². The van der Waals surface area contributed by atoms with Gasteiger partial charge in [-0.05, 0) is 61.4 Å². The zero-order chi connectivity index (χ0) is 19.0. The van der Waals surface area contributed by atoms with E-state index in [1.165, 1.54) is 18.3 Å². The third-order valence-electron chi connectivity index (χ3n) is 5.71. The van der Waals surface area contributed by atoms with Crippen molar-refractivity contribution in [2.24, 2.45) is 11.8 Å². The minimum atomic E-state index is -0.668. The van der Waals surface area contributed by atoms with Crippen LogP contribution >= 0.6 is 0 Å². The molecule has 144 valence electrons. The van der Waals surface area contributed by atoms with Crippen molar-refractivity contribution < 1.29 is 19.3 Å². The summed E-state index contributed by atoms with van der Waals surface area (Å²) in [6, 6.07) is 8.28. The van der Waals surface area contributed by atoms with Crippen LogP contribution in [-0.2, 0) is 0 Å². The summed E-state index contributed by atoms with van der Waals surface area (Å²) in [4.78, 5) is 6.34. The number of ether oxygens (including phenoxy) is 1. The molecule has 1 aromatic carbocycles. The number of hydrogen-bond donors (Lipinski definition) is 2. The number of pyridine rings is 1. The molecule has 2 heterocycles. The second kappa shape index (κ2) is 7.44. The Morgan fingerprint density at radius 2 is 1.96 bits per heavy atom. The number of likely N-dealkylation sites (tertiary alicyclic amines) is 1. The summed E-state index contributed by atoms with van der Waals surface area (Å²) in [5.41, 5.74) is 1.46. The molecular weight excluding hydrogens is 347 g/mol. The highest BCUT2D eigenvalue weighted by Gasteiger charge is 2.42. The van der Waals surface area contributed by atoms with E-state index >= 15 is 0 Å². The molecule has 0 spiro atoms. The molecule has 4 rings (SSSR count). The average Bonchev–Trinajstić information content (AvgIpc) is 3.15. The lowest BCUT2D eigenvalue weighted by Gasteiger charge is -2.22. The lowest BCUT2D eigenvalue weighted by Crippen LogP contribution is -2.29. The summed E-state index contributed by atoms with van der Waals surface area (Å²) in [6.45, 7) is 4.22. The molecule has 2 aromatic rings. The number of fused-ring (bicyclic) bond motifs is 1. The number of aliphatic hydroxyl groups is 1. The molecule has 1 unspecified atom stereocenters. The van der Waals surface area contributed by atoms with Crippen LogP contribution in [-0.4, -0.2) is 45.8 Å². The summed E-state index contributed by atoms with van der Waals surface area (Å²) in [7, 11) is 0.